The van der Waals surface area contributed by atoms with Crippen LogP contribution in [0.15, 0.2) is 46.9 Å². The van der Waals surface area contributed by atoms with Gasteiger partial charge in [0.05, 0.1) is 0 Å². The number of hydrogen-bond donors (Lipinski definition) is 1. The highest BCUT2D eigenvalue weighted by Crippen LogP contribution is 2.27. The van der Waals surface area contributed by atoms with Gasteiger partial charge in [0, 0.05) is 16.1 Å². The van der Waals surface area contributed by atoms with Gasteiger partial charge in [-0.25, -0.2) is 4.39 Å². The minimum atomic E-state index is -0.227. The average molecular weight is 294 g/mol. The van der Waals surface area contributed by atoms with E-state index >= 15 is 0 Å². The van der Waals surface area contributed by atoms with Crippen molar-refractivity contribution in [3.63, 3.8) is 0 Å². The molecular formula is C14H13BrFN. The molecule has 2 rings (SSSR count). The number of rotatable bonds is 2. The summed E-state index contributed by atoms with van der Waals surface area (Å²) in [6.45, 7) is 1.91. The van der Waals surface area contributed by atoms with E-state index in [1.54, 1.807) is 12.1 Å². The molecule has 88 valence electrons. The van der Waals surface area contributed by atoms with E-state index < -0.39 is 0 Å². The fourth-order valence-electron chi connectivity index (χ4n) is 1.71. The molecule has 2 aromatic rings. The Labute approximate surface area is 109 Å². The quantitative estimate of drug-likeness (QED) is 0.879. The van der Waals surface area contributed by atoms with Crippen LogP contribution < -0.4 is 5.73 Å². The third-order valence-electron chi connectivity index (χ3n) is 2.65. The molecule has 0 saturated carbocycles. The first-order valence-electron chi connectivity index (χ1n) is 5.39. The van der Waals surface area contributed by atoms with Gasteiger partial charge in [-0.05, 0) is 42.3 Å². The van der Waals surface area contributed by atoms with Gasteiger partial charge in [0.15, 0.2) is 0 Å². The minimum Gasteiger partial charge on any atom is -0.324 e. The van der Waals surface area contributed by atoms with Gasteiger partial charge in [0.1, 0.15) is 5.82 Å². The van der Waals surface area contributed by atoms with Gasteiger partial charge in [-0.3, -0.25) is 0 Å². The van der Waals surface area contributed by atoms with Crippen LogP contribution in [-0.2, 0) is 0 Å². The zero-order valence-electron chi connectivity index (χ0n) is 9.45. The Bertz CT molecular complexity index is 537. The van der Waals surface area contributed by atoms with Crippen LogP contribution in [0.25, 0.3) is 11.1 Å². The van der Waals surface area contributed by atoms with Gasteiger partial charge < -0.3 is 5.73 Å². The molecule has 0 aliphatic rings. The molecule has 0 spiro atoms. The van der Waals surface area contributed by atoms with Gasteiger partial charge >= 0.3 is 0 Å². The molecule has 17 heavy (non-hydrogen) atoms. The molecule has 0 saturated heterocycles. The molecule has 1 atom stereocenters. The van der Waals surface area contributed by atoms with Gasteiger partial charge in [-0.2, -0.15) is 0 Å². The largest absolute Gasteiger partial charge is 0.324 e. The number of hydrogen-bond acceptors (Lipinski definition) is 1. The third-order valence-corrected chi connectivity index (χ3v) is 3.15. The van der Waals surface area contributed by atoms with Crippen molar-refractivity contribution in [1.29, 1.82) is 0 Å². The van der Waals surface area contributed by atoms with E-state index in [1.165, 1.54) is 6.07 Å². The molecule has 0 bridgehead atoms. The predicted molar refractivity (Wildman–Crippen MR) is 72.1 cm³/mol. The van der Waals surface area contributed by atoms with Gasteiger partial charge in [0.25, 0.3) is 0 Å². The summed E-state index contributed by atoms with van der Waals surface area (Å²) in [7, 11) is 0. The maximum absolute atomic E-state index is 13.7. The summed E-state index contributed by atoms with van der Waals surface area (Å²) in [5, 5.41) is 0. The lowest BCUT2D eigenvalue weighted by atomic mass is 10.0. The van der Waals surface area contributed by atoms with Gasteiger partial charge in [0.2, 0.25) is 0 Å². The lowest BCUT2D eigenvalue weighted by molar-refractivity contribution is 0.631. The molecule has 0 radical (unpaired) electrons. The first kappa shape index (κ1) is 12.3. The van der Waals surface area contributed by atoms with Crippen molar-refractivity contribution in [2.75, 3.05) is 0 Å². The Morgan fingerprint density at radius 2 is 1.94 bits per heavy atom. The standard InChI is InChI=1S/C14H13BrFN/c1-9(17)10-3-2-4-11(7-10)13-8-12(15)5-6-14(13)16/h2-9H,17H2,1H3. The van der Waals surface area contributed by atoms with Crippen molar-refractivity contribution in [2.24, 2.45) is 5.73 Å². The lowest BCUT2D eigenvalue weighted by Crippen LogP contribution is -2.04. The molecule has 0 aliphatic heterocycles. The number of nitrogens with two attached hydrogens (primary N) is 1. The first-order chi connectivity index (χ1) is 8.08. The Kier molecular flexibility index (Phi) is 3.60. The minimum absolute atomic E-state index is 0.0508. The fourth-order valence-corrected chi connectivity index (χ4v) is 2.07. The van der Waals surface area contributed by atoms with Crippen molar-refractivity contribution < 1.29 is 4.39 Å². The maximum Gasteiger partial charge on any atom is 0.131 e. The SMILES string of the molecule is CC(N)c1cccc(-c2cc(Br)ccc2F)c1. The second-order valence-corrected chi connectivity index (χ2v) is 4.95. The van der Waals surface area contributed by atoms with Crippen LogP contribution in [0.5, 0.6) is 0 Å². The summed E-state index contributed by atoms with van der Waals surface area (Å²) < 4.78 is 14.6. The van der Waals surface area contributed by atoms with Crippen molar-refractivity contribution in [3.8, 4) is 11.1 Å². The average Bonchev–Trinajstić information content (AvgIpc) is 2.32. The number of benzene rings is 2. The van der Waals surface area contributed by atoms with Gasteiger partial charge in [-0.1, -0.05) is 34.1 Å². The molecule has 2 N–H and O–H groups in total. The zero-order valence-corrected chi connectivity index (χ0v) is 11.0. The molecule has 0 aliphatic carbocycles. The summed E-state index contributed by atoms with van der Waals surface area (Å²) in [6, 6.07) is 12.5. The molecule has 2 aromatic carbocycles. The molecule has 0 fully saturated rings. The lowest BCUT2D eigenvalue weighted by Gasteiger charge is -2.09. The third kappa shape index (κ3) is 2.73. The smallest absolute Gasteiger partial charge is 0.131 e. The van der Waals surface area contributed by atoms with E-state index in [0.717, 1.165) is 15.6 Å². The zero-order chi connectivity index (χ0) is 12.4. The van der Waals surface area contributed by atoms with Crippen molar-refractivity contribution in [2.45, 2.75) is 13.0 Å². The fraction of sp³-hybridized carbons (Fsp3) is 0.143. The topological polar surface area (TPSA) is 26.0 Å². The van der Waals surface area contributed by atoms with Crippen LogP contribution >= 0.6 is 15.9 Å². The van der Waals surface area contributed by atoms with E-state index in [0.29, 0.717) is 5.56 Å². The molecule has 1 nitrogen and oxygen atoms in total. The highest BCUT2D eigenvalue weighted by atomic mass is 79.9. The second kappa shape index (κ2) is 4.98. The Hall–Kier alpha value is -1.19. The highest BCUT2D eigenvalue weighted by molar-refractivity contribution is 9.10. The molecule has 3 heteroatoms. The van der Waals surface area contributed by atoms with Crippen LogP contribution in [0.1, 0.15) is 18.5 Å². The van der Waals surface area contributed by atoms with Crippen LogP contribution in [-0.4, -0.2) is 0 Å². The van der Waals surface area contributed by atoms with Crippen LogP contribution in [0.4, 0.5) is 4.39 Å². The van der Waals surface area contributed by atoms with Crippen LogP contribution in [0.2, 0.25) is 0 Å². The van der Waals surface area contributed by atoms with E-state index in [2.05, 4.69) is 15.9 Å². The van der Waals surface area contributed by atoms with Crippen molar-refractivity contribution >= 4 is 15.9 Å². The van der Waals surface area contributed by atoms with E-state index in [4.69, 9.17) is 5.73 Å². The molecule has 1 unspecified atom stereocenters. The van der Waals surface area contributed by atoms with E-state index in [1.807, 2.05) is 31.2 Å². The summed E-state index contributed by atoms with van der Waals surface area (Å²) >= 11 is 3.35. The number of halogens is 2. The summed E-state index contributed by atoms with van der Waals surface area (Å²) in [5.74, 6) is -0.227. The first-order valence-corrected chi connectivity index (χ1v) is 6.18. The van der Waals surface area contributed by atoms with Crippen molar-refractivity contribution in [3.05, 3.63) is 58.3 Å². The second-order valence-electron chi connectivity index (χ2n) is 4.04. The maximum atomic E-state index is 13.7. The Morgan fingerprint density at radius 3 is 2.65 bits per heavy atom. The monoisotopic (exact) mass is 293 g/mol. The normalized spacial score (nSPS) is 12.5. The Balaban J connectivity index is 2.52. The molecular weight excluding hydrogens is 281 g/mol. The summed E-state index contributed by atoms with van der Waals surface area (Å²) in [5.41, 5.74) is 8.26. The van der Waals surface area contributed by atoms with Crippen LogP contribution in [0.3, 0.4) is 0 Å². The van der Waals surface area contributed by atoms with E-state index in [9.17, 15) is 4.39 Å². The molecule has 0 heterocycles. The Morgan fingerprint density at radius 1 is 1.18 bits per heavy atom. The predicted octanol–water partition coefficient (Wildman–Crippen LogP) is 4.27. The molecule has 0 amide bonds. The summed E-state index contributed by atoms with van der Waals surface area (Å²) in [4.78, 5) is 0. The van der Waals surface area contributed by atoms with E-state index in [-0.39, 0.29) is 11.9 Å². The van der Waals surface area contributed by atoms with Crippen LogP contribution in [0, 0.1) is 5.82 Å². The molecule has 0 aromatic heterocycles. The van der Waals surface area contributed by atoms with Crippen molar-refractivity contribution in [1.82, 2.24) is 0 Å². The highest BCUT2D eigenvalue weighted by Gasteiger charge is 2.07. The summed E-state index contributed by atoms with van der Waals surface area (Å²) in [6.07, 6.45) is 0. The van der Waals surface area contributed by atoms with Gasteiger partial charge in [-0.15, -0.1) is 0 Å².